The molecule has 0 fully saturated rings. The molecule has 0 spiro atoms. The molecule has 2 amide bonds. The Morgan fingerprint density at radius 1 is 1.35 bits per heavy atom. The number of carbonyl (C=O) groups is 1. The highest BCUT2D eigenvalue weighted by Gasteiger charge is 2.39. The van der Waals surface area contributed by atoms with Crippen LogP contribution in [0.2, 0.25) is 10.0 Å². The molecule has 0 saturated heterocycles. The third kappa shape index (κ3) is 2.74. The van der Waals surface area contributed by atoms with E-state index in [4.69, 9.17) is 27.9 Å². The molecule has 1 aromatic rings. The molecular weight excluding hydrogens is 301 g/mol. The summed E-state index contributed by atoms with van der Waals surface area (Å²) in [6.45, 7) is 5.69. The zero-order chi connectivity index (χ0) is 14.9. The number of halogens is 2. The van der Waals surface area contributed by atoms with E-state index in [1.165, 1.54) is 0 Å². The lowest BCUT2D eigenvalue weighted by Crippen LogP contribution is -2.38. The van der Waals surface area contributed by atoms with Gasteiger partial charge in [-0.25, -0.2) is 4.79 Å². The van der Waals surface area contributed by atoms with Crippen LogP contribution in [0.4, 0.5) is 4.79 Å². The van der Waals surface area contributed by atoms with Gasteiger partial charge in [0.05, 0.1) is 11.1 Å². The van der Waals surface area contributed by atoms with Crippen LogP contribution in [-0.2, 0) is 5.66 Å². The van der Waals surface area contributed by atoms with E-state index in [-0.39, 0.29) is 6.10 Å². The number of amides is 2. The molecular formula is C13H15Cl2N3O2. The maximum atomic E-state index is 11.4. The number of benzene rings is 1. The average Bonchev–Trinajstić information content (AvgIpc) is 2.75. The van der Waals surface area contributed by atoms with Gasteiger partial charge >= 0.3 is 6.03 Å². The number of azo groups is 1. The third-order valence-electron chi connectivity index (χ3n) is 2.97. The fourth-order valence-corrected chi connectivity index (χ4v) is 2.60. The minimum atomic E-state index is -0.951. The van der Waals surface area contributed by atoms with Crippen molar-refractivity contribution in [1.82, 2.24) is 5.32 Å². The van der Waals surface area contributed by atoms with E-state index in [0.717, 1.165) is 0 Å². The third-order valence-corrected chi connectivity index (χ3v) is 3.57. The topological polar surface area (TPSA) is 63.1 Å². The monoisotopic (exact) mass is 315 g/mol. The van der Waals surface area contributed by atoms with Crippen LogP contribution < -0.4 is 10.1 Å². The SMILES string of the molecule is CCC1(c2cc(OC(C)C)c(Cl)cc2Cl)N=NC(=O)N1. The van der Waals surface area contributed by atoms with Crippen LogP contribution >= 0.6 is 23.2 Å². The van der Waals surface area contributed by atoms with Crippen LogP contribution in [0.1, 0.15) is 32.8 Å². The highest BCUT2D eigenvalue weighted by molar-refractivity contribution is 6.36. The Hall–Kier alpha value is -1.33. The van der Waals surface area contributed by atoms with E-state index in [0.29, 0.717) is 27.8 Å². The summed E-state index contributed by atoms with van der Waals surface area (Å²) < 4.78 is 5.64. The fourth-order valence-electron chi connectivity index (χ4n) is 2.02. The van der Waals surface area contributed by atoms with Gasteiger partial charge in [-0.15, -0.1) is 0 Å². The standard InChI is InChI=1S/C13H15Cl2N3O2/c1-4-13(16-12(19)17-18-13)8-5-11(20-7(2)3)10(15)6-9(8)14/h5-7H,4H2,1-3H3,(H,16,19). The maximum Gasteiger partial charge on any atom is 0.361 e. The average molecular weight is 316 g/mol. The Kier molecular flexibility index (Phi) is 4.20. The first-order chi connectivity index (χ1) is 9.38. The normalized spacial score (nSPS) is 21.4. The molecule has 1 aliphatic rings. The van der Waals surface area contributed by atoms with Crippen molar-refractivity contribution in [2.45, 2.75) is 39.0 Å². The molecule has 1 atom stereocenters. The Morgan fingerprint density at radius 2 is 2.05 bits per heavy atom. The van der Waals surface area contributed by atoms with E-state index in [2.05, 4.69) is 15.5 Å². The van der Waals surface area contributed by atoms with E-state index in [9.17, 15) is 4.79 Å². The van der Waals surface area contributed by atoms with Crippen LogP contribution in [0.3, 0.4) is 0 Å². The number of rotatable bonds is 4. The summed E-state index contributed by atoms with van der Waals surface area (Å²) in [5, 5.41) is 11.1. The first-order valence-corrected chi connectivity index (χ1v) is 7.05. The van der Waals surface area contributed by atoms with Crippen molar-refractivity contribution in [3.8, 4) is 5.75 Å². The first kappa shape index (κ1) is 15.1. The molecule has 1 N–H and O–H groups in total. The number of hydrogen-bond acceptors (Lipinski definition) is 3. The van der Waals surface area contributed by atoms with E-state index in [1.54, 1.807) is 12.1 Å². The lowest BCUT2D eigenvalue weighted by molar-refractivity contribution is 0.238. The predicted octanol–water partition coefficient (Wildman–Crippen LogP) is 4.52. The highest BCUT2D eigenvalue weighted by atomic mass is 35.5. The highest BCUT2D eigenvalue weighted by Crippen LogP contribution is 2.40. The van der Waals surface area contributed by atoms with Crippen molar-refractivity contribution in [3.63, 3.8) is 0 Å². The summed E-state index contributed by atoms with van der Waals surface area (Å²) in [7, 11) is 0. The van der Waals surface area contributed by atoms with Gasteiger partial charge in [0, 0.05) is 10.6 Å². The van der Waals surface area contributed by atoms with Gasteiger partial charge in [-0.05, 0) is 32.4 Å². The second kappa shape index (κ2) is 5.58. The van der Waals surface area contributed by atoms with Crippen LogP contribution in [0.25, 0.3) is 0 Å². The predicted molar refractivity (Wildman–Crippen MR) is 77.6 cm³/mol. The molecule has 108 valence electrons. The molecule has 1 heterocycles. The van der Waals surface area contributed by atoms with Gasteiger partial charge in [0.1, 0.15) is 5.75 Å². The van der Waals surface area contributed by atoms with Gasteiger partial charge in [0.2, 0.25) is 0 Å². The van der Waals surface area contributed by atoms with Gasteiger partial charge in [-0.1, -0.05) is 35.2 Å². The van der Waals surface area contributed by atoms with E-state index < -0.39 is 11.7 Å². The Morgan fingerprint density at radius 3 is 2.55 bits per heavy atom. The molecule has 0 radical (unpaired) electrons. The van der Waals surface area contributed by atoms with Crippen molar-refractivity contribution < 1.29 is 9.53 Å². The van der Waals surface area contributed by atoms with Gasteiger partial charge in [-0.2, -0.15) is 5.11 Å². The maximum absolute atomic E-state index is 11.4. The molecule has 7 heteroatoms. The summed E-state index contributed by atoms with van der Waals surface area (Å²) in [4.78, 5) is 11.4. The molecule has 0 bridgehead atoms. The largest absolute Gasteiger partial charge is 0.489 e. The van der Waals surface area contributed by atoms with Crippen molar-refractivity contribution in [3.05, 3.63) is 27.7 Å². The molecule has 0 saturated carbocycles. The zero-order valence-electron chi connectivity index (χ0n) is 11.4. The van der Waals surface area contributed by atoms with Gasteiger partial charge in [0.15, 0.2) is 5.66 Å². The minimum Gasteiger partial charge on any atom is -0.489 e. The van der Waals surface area contributed by atoms with Gasteiger partial charge in [0.25, 0.3) is 0 Å². The van der Waals surface area contributed by atoms with Crippen LogP contribution in [0, 0.1) is 0 Å². The summed E-state index contributed by atoms with van der Waals surface area (Å²) >= 11 is 12.4. The molecule has 1 aliphatic heterocycles. The number of hydrogen-bond donors (Lipinski definition) is 1. The minimum absolute atomic E-state index is 0.0288. The van der Waals surface area contributed by atoms with Gasteiger partial charge in [-0.3, -0.25) is 0 Å². The van der Waals surface area contributed by atoms with Crippen molar-refractivity contribution >= 4 is 29.2 Å². The van der Waals surface area contributed by atoms with Crippen LogP contribution in [0.5, 0.6) is 5.75 Å². The summed E-state index contributed by atoms with van der Waals surface area (Å²) in [5.41, 5.74) is -0.329. The quantitative estimate of drug-likeness (QED) is 0.887. The van der Waals surface area contributed by atoms with Gasteiger partial charge < -0.3 is 10.1 Å². The Labute approximate surface area is 127 Å². The number of urea groups is 1. The molecule has 0 aromatic heterocycles. The Bertz CT molecular complexity index is 575. The smallest absolute Gasteiger partial charge is 0.361 e. The summed E-state index contributed by atoms with van der Waals surface area (Å²) in [6, 6.07) is 2.82. The summed E-state index contributed by atoms with van der Waals surface area (Å²) in [6.07, 6.45) is 0.490. The molecule has 1 aromatic carbocycles. The Balaban J connectivity index is 2.50. The summed E-state index contributed by atoms with van der Waals surface area (Å²) in [5.74, 6) is 0.505. The van der Waals surface area contributed by atoms with E-state index >= 15 is 0 Å². The molecule has 5 nitrogen and oxygen atoms in total. The number of ether oxygens (including phenoxy) is 1. The molecule has 2 rings (SSSR count). The number of nitrogens with zero attached hydrogens (tertiary/aromatic N) is 2. The van der Waals surface area contributed by atoms with Crippen molar-refractivity contribution in [1.29, 1.82) is 0 Å². The lowest BCUT2D eigenvalue weighted by atomic mass is 9.97. The van der Waals surface area contributed by atoms with Crippen molar-refractivity contribution in [2.75, 3.05) is 0 Å². The second-order valence-corrected chi connectivity index (χ2v) is 5.59. The number of nitrogens with one attached hydrogen (secondary N) is 1. The molecule has 0 aliphatic carbocycles. The molecule has 1 unspecified atom stereocenters. The van der Waals surface area contributed by atoms with E-state index in [1.807, 2.05) is 20.8 Å². The van der Waals surface area contributed by atoms with Crippen LogP contribution in [-0.4, -0.2) is 12.1 Å². The lowest BCUT2D eigenvalue weighted by Gasteiger charge is -2.25. The first-order valence-electron chi connectivity index (χ1n) is 6.29. The second-order valence-electron chi connectivity index (χ2n) is 4.77. The number of carbonyl (C=O) groups excluding carboxylic acids is 1. The molecule has 20 heavy (non-hydrogen) atoms. The zero-order valence-corrected chi connectivity index (χ0v) is 12.9. The fraction of sp³-hybridized carbons (Fsp3) is 0.462. The van der Waals surface area contributed by atoms with Crippen LogP contribution in [0.15, 0.2) is 22.4 Å². The van der Waals surface area contributed by atoms with Crippen molar-refractivity contribution in [2.24, 2.45) is 10.2 Å².